The van der Waals surface area contributed by atoms with Gasteiger partial charge in [-0.2, -0.15) is 0 Å². The minimum Gasteiger partial charge on any atom is -0.369 e. The van der Waals surface area contributed by atoms with E-state index < -0.39 is 10.8 Å². The molecule has 0 radical (unpaired) electrons. The number of hydrogen-bond acceptors (Lipinski definition) is 4. The van der Waals surface area contributed by atoms with Gasteiger partial charge in [0, 0.05) is 40.6 Å². The molecular formula is C9H15N3OS. The van der Waals surface area contributed by atoms with Crippen molar-refractivity contribution in [1.82, 2.24) is 9.97 Å². The Morgan fingerprint density at radius 2 is 2.29 bits per heavy atom. The molecule has 0 saturated carbocycles. The average molecular weight is 213 g/mol. The van der Waals surface area contributed by atoms with Crippen molar-refractivity contribution >= 4 is 16.6 Å². The molecule has 0 amide bonds. The highest BCUT2D eigenvalue weighted by atomic mass is 32.2. The molecule has 0 fully saturated rings. The molecule has 0 aromatic carbocycles. The van der Waals surface area contributed by atoms with E-state index in [4.69, 9.17) is 0 Å². The van der Waals surface area contributed by atoms with Crippen molar-refractivity contribution in [2.24, 2.45) is 0 Å². The molecule has 5 heteroatoms. The van der Waals surface area contributed by atoms with Gasteiger partial charge in [0.1, 0.15) is 12.1 Å². The fourth-order valence-electron chi connectivity index (χ4n) is 0.917. The summed E-state index contributed by atoms with van der Waals surface area (Å²) in [5.41, 5.74) is 0.924. The first-order valence-electron chi connectivity index (χ1n) is 4.44. The molecule has 0 bridgehead atoms. The number of rotatable bonds is 4. The summed E-state index contributed by atoms with van der Waals surface area (Å²) < 4.78 is 11.1. The van der Waals surface area contributed by atoms with E-state index in [-0.39, 0.29) is 5.25 Å². The predicted molar refractivity (Wildman–Crippen MR) is 58.8 cm³/mol. The lowest BCUT2D eigenvalue weighted by atomic mass is 10.4. The molecule has 0 aliphatic rings. The van der Waals surface area contributed by atoms with Crippen LogP contribution in [0.2, 0.25) is 0 Å². The van der Waals surface area contributed by atoms with Crippen LogP contribution >= 0.6 is 0 Å². The van der Waals surface area contributed by atoms with Crippen LogP contribution in [-0.2, 0) is 10.8 Å². The Labute approximate surface area is 86.6 Å². The van der Waals surface area contributed by atoms with E-state index in [1.807, 2.05) is 19.9 Å². The fourth-order valence-corrected chi connectivity index (χ4v) is 1.23. The smallest absolute Gasteiger partial charge is 0.129 e. The lowest BCUT2D eigenvalue weighted by Gasteiger charge is -2.10. The van der Waals surface area contributed by atoms with Gasteiger partial charge in [-0.05, 0) is 13.8 Å². The number of nitrogens with one attached hydrogen (secondary N) is 1. The Kier molecular flexibility index (Phi) is 4.00. The average Bonchev–Trinajstić information content (AvgIpc) is 2.14. The van der Waals surface area contributed by atoms with Gasteiger partial charge in [0.25, 0.3) is 0 Å². The molecule has 1 rings (SSSR count). The molecule has 0 aliphatic carbocycles. The number of aromatic nitrogens is 2. The minimum atomic E-state index is -0.795. The van der Waals surface area contributed by atoms with E-state index in [1.165, 1.54) is 6.33 Å². The van der Waals surface area contributed by atoms with E-state index in [2.05, 4.69) is 15.3 Å². The maximum absolute atomic E-state index is 11.1. The number of hydrogen-bond donors (Lipinski definition) is 1. The third-order valence-electron chi connectivity index (χ3n) is 1.94. The number of anilines is 1. The molecular weight excluding hydrogens is 198 g/mol. The molecule has 1 aromatic rings. The van der Waals surface area contributed by atoms with Crippen LogP contribution in [0.5, 0.6) is 0 Å². The van der Waals surface area contributed by atoms with Gasteiger partial charge >= 0.3 is 0 Å². The zero-order chi connectivity index (χ0) is 10.6. The Hall–Kier alpha value is -0.970. The Morgan fingerprint density at radius 3 is 2.86 bits per heavy atom. The molecule has 4 nitrogen and oxygen atoms in total. The molecule has 2 unspecified atom stereocenters. The molecule has 1 heterocycles. The molecule has 0 saturated heterocycles. The quantitative estimate of drug-likeness (QED) is 0.809. The van der Waals surface area contributed by atoms with Crippen LogP contribution in [0, 0.1) is 6.92 Å². The largest absolute Gasteiger partial charge is 0.369 e. The zero-order valence-electron chi connectivity index (χ0n) is 8.65. The van der Waals surface area contributed by atoms with E-state index in [0.29, 0.717) is 6.54 Å². The van der Waals surface area contributed by atoms with Gasteiger partial charge in [-0.25, -0.2) is 9.97 Å². The third-order valence-corrected chi connectivity index (χ3v) is 3.24. The first kappa shape index (κ1) is 11.1. The summed E-state index contributed by atoms with van der Waals surface area (Å²) in [6.07, 6.45) is 3.23. The monoisotopic (exact) mass is 213 g/mol. The zero-order valence-corrected chi connectivity index (χ0v) is 9.47. The van der Waals surface area contributed by atoms with E-state index in [0.717, 1.165) is 11.5 Å². The van der Waals surface area contributed by atoms with Gasteiger partial charge in [-0.3, -0.25) is 4.21 Å². The van der Waals surface area contributed by atoms with Crippen LogP contribution in [0.25, 0.3) is 0 Å². The van der Waals surface area contributed by atoms with Crippen LogP contribution in [0.15, 0.2) is 12.4 Å². The minimum absolute atomic E-state index is 0.130. The maximum Gasteiger partial charge on any atom is 0.129 e. The maximum atomic E-state index is 11.1. The Bertz CT molecular complexity index is 330. The van der Waals surface area contributed by atoms with Crippen LogP contribution in [0.1, 0.15) is 12.6 Å². The normalized spacial score (nSPS) is 14.8. The Balaban J connectivity index is 2.49. The second kappa shape index (κ2) is 5.05. The third kappa shape index (κ3) is 3.41. The molecule has 1 aromatic heterocycles. The van der Waals surface area contributed by atoms with Crippen molar-refractivity contribution < 1.29 is 4.21 Å². The van der Waals surface area contributed by atoms with Crippen molar-refractivity contribution in [2.75, 3.05) is 18.1 Å². The summed E-state index contributed by atoms with van der Waals surface area (Å²) in [6, 6.07) is 1.87. The number of aryl methyl sites for hydroxylation is 1. The van der Waals surface area contributed by atoms with Crippen LogP contribution in [-0.4, -0.2) is 32.2 Å². The van der Waals surface area contributed by atoms with Crippen LogP contribution in [0.3, 0.4) is 0 Å². The van der Waals surface area contributed by atoms with Crippen molar-refractivity contribution in [3.05, 3.63) is 18.1 Å². The Morgan fingerprint density at radius 1 is 1.57 bits per heavy atom. The van der Waals surface area contributed by atoms with Gasteiger partial charge in [-0.1, -0.05) is 0 Å². The highest BCUT2D eigenvalue weighted by molar-refractivity contribution is 7.84. The number of nitrogens with zero attached hydrogens (tertiary/aromatic N) is 2. The summed E-state index contributed by atoms with van der Waals surface area (Å²) >= 11 is 0. The predicted octanol–water partition coefficient (Wildman–Crippen LogP) is 0.964. The molecule has 0 aliphatic heterocycles. The first-order chi connectivity index (χ1) is 6.59. The lowest BCUT2D eigenvalue weighted by Crippen LogP contribution is -2.21. The van der Waals surface area contributed by atoms with Gasteiger partial charge in [0.15, 0.2) is 0 Å². The SMILES string of the molecule is Cc1cc(NCC(C)S(C)=O)ncn1. The highest BCUT2D eigenvalue weighted by Gasteiger charge is 2.05. The summed E-state index contributed by atoms with van der Waals surface area (Å²) in [4.78, 5) is 8.04. The standard InChI is InChI=1S/C9H15N3OS/c1-7-4-9(12-6-11-7)10-5-8(2)14(3)13/h4,6,8H,5H2,1-3H3,(H,10,11,12). The van der Waals surface area contributed by atoms with E-state index in [9.17, 15) is 4.21 Å². The van der Waals surface area contributed by atoms with Gasteiger partial charge < -0.3 is 5.32 Å². The van der Waals surface area contributed by atoms with Crippen LogP contribution in [0.4, 0.5) is 5.82 Å². The summed E-state index contributed by atoms with van der Waals surface area (Å²) in [6.45, 7) is 4.52. The molecule has 1 N–H and O–H groups in total. The molecule has 78 valence electrons. The fraction of sp³-hybridized carbons (Fsp3) is 0.556. The lowest BCUT2D eigenvalue weighted by molar-refractivity contribution is 0.679. The molecule has 2 atom stereocenters. The van der Waals surface area contributed by atoms with Crippen molar-refractivity contribution in [1.29, 1.82) is 0 Å². The topological polar surface area (TPSA) is 54.9 Å². The highest BCUT2D eigenvalue weighted by Crippen LogP contribution is 2.03. The first-order valence-corrected chi connectivity index (χ1v) is 6.06. The second-order valence-electron chi connectivity index (χ2n) is 3.23. The van der Waals surface area contributed by atoms with Gasteiger partial charge in [0.05, 0.1) is 0 Å². The summed E-state index contributed by atoms with van der Waals surface area (Å²) in [5.74, 6) is 0.787. The summed E-state index contributed by atoms with van der Waals surface area (Å²) in [7, 11) is -0.795. The van der Waals surface area contributed by atoms with Crippen molar-refractivity contribution in [2.45, 2.75) is 19.1 Å². The van der Waals surface area contributed by atoms with Crippen molar-refractivity contribution in [3.63, 3.8) is 0 Å². The van der Waals surface area contributed by atoms with E-state index in [1.54, 1.807) is 6.26 Å². The van der Waals surface area contributed by atoms with Gasteiger partial charge in [0.2, 0.25) is 0 Å². The van der Waals surface area contributed by atoms with E-state index >= 15 is 0 Å². The molecule has 14 heavy (non-hydrogen) atoms. The van der Waals surface area contributed by atoms with Crippen LogP contribution < -0.4 is 5.32 Å². The second-order valence-corrected chi connectivity index (χ2v) is 5.04. The van der Waals surface area contributed by atoms with Gasteiger partial charge in [-0.15, -0.1) is 0 Å². The summed E-state index contributed by atoms with van der Waals surface area (Å²) in [5, 5.41) is 3.25. The molecule has 0 spiro atoms. The van der Waals surface area contributed by atoms with Crippen molar-refractivity contribution in [3.8, 4) is 0 Å².